The quantitative estimate of drug-likeness (QED) is 0.483. The van der Waals surface area contributed by atoms with Crippen molar-refractivity contribution >= 4 is 17.3 Å². The van der Waals surface area contributed by atoms with Gasteiger partial charge < -0.3 is 21.5 Å². The largest absolute Gasteiger partial charge is 0.397 e. The van der Waals surface area contributed by atoms with Crippen molar-refractivity contribution in [3.63, 3.8) is 0 Å². The molecule has 18 heavy (non-hydrogen) atoms. The molecule has 5 heteroatoms. The number of primary amides is 1. The number of benzene rings is 1. The number of hydrogen-bond acceptors (Lipinski definition) is 4. The van der Waals surface area contributed by atoms with Crippen LogP contribution in [-0.2, 0) is 4.74 Å². The van der Waals surface area contributed by atoms with Crippen LogP contribution in [0.1, 0.15) is 30.1 Å². The topological polar surface area (TPSA) is 90.4 Å². The zero-order chi connectivity index (χ0) is 13.4. The molecule has 0 heterocycles. The second kappa shape index (κ2) is 7.55. The Balaban J connectivity index is 2.48. The van der Waals surface area contributed by atoms with Gasteiger partial charge in [0.2, 0.25) is 0 Å². The van der Waals surface area contributed by atoms with E-state index in [1.165, 1.54) is 0 Å². The van der Waals surface area contributed by atoms with Gasteiger partial charge in [0, 0.05) is 13.2 Å². The van der Waals surface area contributed by atoms with Gasteiger partial charge in [0.1, 0.15) is 0 Å². The highest BCUT2D eigenvalue weighted by atomic mass is 16.5. The summed E-state index contributed by atoms with van der Waals surface area (Å²) in [5, 5.41) is 3.09. The number of nitrogens with one attached hydrogen (secondary N) is 1. The second-order valence-corrected chi connectivity index (χ2v) is 4.03. The van der Waals surface area contributed by atoms with Crippen LogP contribution in [0.2, 0.25) is 0 Å². The van der Waals surface area contributed by atoms with Crippen molar-refractivity contribution in [3.05, 3.63) is 23.8 Å². The number of unbranched alkanes of at least 4 members (excludes halogenated alkanes) is 1. The van der Waals surface area contributed by atoms with E-state index >= 15 is 0 Å². The highest BCUT2D eigenvalue weighted by Crippen LogP contribution is 2.22. The van der Waals surface area contributed by atoms with E-state index in [-0.39, 0.29) is 0 Å². The van der Waals surface area contributed by atoms with Gasteiger partial charge in [-0.05, 0) is 18.6 Å². The molecule has 0 atom stereocenters. The molecule has 0 spiro atoms. The molecule has 1 rings (SSSR count). The highest BCUT2D eigenvalue weighted by molar-refractivity contribution is 6.01. The molecule has 1 aromatic rings. The minimum Gasteiger partial charge on any atom is -0.397 e. The van der Waals surface area contributed by atoms with E-state index in [2.05, 4.69) is 12.2 Å². The number of para-hydroxylation sites is 1. The number of carbonyl (C=O) groups excluding carboxylic acids is 1. The molecule has 0 aliphatic carbocycles. The normalized spacial score (nSPS) is 10.3. The molecular formula is C13H21N3O2. The third-order valence-corrected chi connectivity index (χ3v) is 2.55. The third kappa shape index (κ3) is 4.25. The molecule has 5 N–H and O–H groups in total. The highest BCUT2D eigenvalue weighted by Gasteiger charge is 2.09. The molecule has 0 aliphatic rings. The fourth-order valence-electron chi connectivity index (χ4n) is 1.57. The van der Waals surface area contributed by atoms with Gasteiger partial charge in [0.05, 0.1) is 23.5 Å². The van der Waals surface area contributed by atoms with Gasteiger partial charge in [-0.1, -0.05) is 19.4 Å². The molecule has 0 saturated heterocycles. The average Bonchev–Trinajstić information content (AvgIpc) is 2.34. The summed E-state index contributed by atoms with van der Waals surface area (Å²) < 4.78 is 5.42. The molecule has 1 amide bonds. The number of anilines is 2. The van der Waals surface area contributed by atoms with Crippen molar-refractivity contribution in [1.29, 1.82) is 0 Å². The van der Waals surface area contributed by atoms with E-state index in [4.69, 9.17) is 16.2 Å². The maximum absolute atomic E-state index is 11.2. The van der Waals surface area contributed by atoms with Gasteiger partial charge in [0.15, 0.2) is 0 Å². The minimum absolute atomic E-state index is 0.406. The Bertz CT molecular complexity index is 394. The van der Waals surface area contributed by atoms with Crippen molar-refractivity contribution in [2.45, 2.75) is 19.8 Å². The summed E-state index contributed by atoms with van der Waals surface area (Å²) >= 11 is 0. The first kappa shape index (κ1) is 14.3. The smallest absolute Gasteiger partial charge is 0.250 e. The van der Waals surface area contributed by atoms with Gasteiger partial charge in [-0.3, -0.25) is 4.79 Å². The second-order valence-electron chi connectivity index (χ2n) is 4.03. The first-order valence-electron chi connectivity index (χ1n) is 6.16. The summed E-state index contributed by atoms with van der Waals surface area (Å²) in [4.78, 5) is 11.2. The van der Waals surface area contributed by atoms with Crippen LogP contribution >= 0.6 is 0 Å². The lowest BCUT2D eigenvalue weighted by atomic mass is 10.1. The van der Waals surface area contributed by atoms with Crippen molar-refractivity contribution in [2.24, 2.45) is 5.73 Å². The Morgan fingerprint density at radius 2 is 2.17 bits per heavy atom. The molecular weight excluding hydrogens is 230 g/mol. The molecule has 0 fully saturated rings. The number of nitrogen functional groups attached to an aromatic ring is 1. The lowest BCUT2D eigenvalue weighted by Gasteiger charge is -2.12. The van der Waals surface area contributed by atoms with Gasteiger partial charge in [-0.25, -0.2) is 0 Å². The number of rotatable bonds is 8. The number of hydrogen-bond donors (Lipinski definition) is 3. The molecule has 0 radical (unpaired) electrons. The SMILES string of the molecule is CCCCOCCNc1c(N)cccc1C(N)=O. The predicted octanol–water partition coefficient (Wildman–Crippen LogP) is 1.60. The minimum atomic E-state index is -0.489. The van der Waals surface area contributed by atoms with Crippen LogP contribution in [0.25, 0.3) is 0 Å². The van der Waals surface area contributed by atoms with Crippen molar-refractivity contribution in [2.75, 3.05) is 30.8 Å². The molecule has 0 unspecified atom stereocenters. The van der Waals surface area contributed by atoms with Gasteiger partial charge in [-0.2, -0.15) is 0 Å². The Morgan fingerprint density at radius 3 is 2.83 bits per heavy atom. The summed E-state index contributed by atoms with van der Waals surface area (Å²) in [6, 6.07) is 5.09. The Labute approximate surface area is 107 Å². The van der Waals surface area contributed by atoms with Gasteiger partial charge in [-0.15, -0.1) is 0 Å². The third-order valence-electron chi connectivity index (χ3n) is 2.55. The zero-order valence-electron chi connectivity index (χ0n) is 10.7. The monoisotopic (exact) mass is 251 g/mol. The first-order valence-corrected chi connectivity index (χ1v) is 6.16. The first-order chi connectivity index (χ1) is 8.66. The molecule has 100 valence electrons. The van der Waals surface area contributed by atoms with Crippen LogP contribution in [-0.4, -0.2) is 25.7 Å². The summed E-state index contributed by atoms with van der Waals surface area (Å²) in [6.07, 6.45) is 2.17. The Morgan fingerprint density at radius 1 is 1.39 bits per heavy atom. The van der Waals surface area contributed by atoms with E-state index in [1.807, 2.05) is 0 Å². The summed E-state index contributed by atoms with van der Waals surface area (Å²) in [6.45, 7) is 4.04. The molecule has 0 saturated carbocycles. The van der Waals surface area contributed by atoms with Crippen molar-refractivity contribution in [1.82, 2.24) is 0 Å². The number of amides is 1. The molecule has 1 aromatic carbocycles. The molecule has 5 nitrogen and oxygen atoms in total. The molecule has 0 aromatic heterocycles. The number of ether oxygens (including phenoxy) is 1. The summed E-state index contributed by atoms with van der Waals surface area (Å²) in [5.41, 5.74) is 12.6. The van der Waals surface area contributed by atoms with E-state index < -0.39 is 5.91 Å². The maximum Gasteiger partial charge on any atom is 0.250 e. The average molecular weight is 251 g/mol. The van der Waals surface area contributed by atoms with Gasteiger partial charge >= 0.3 is 0 Å². The standard InChI is InChI=1S/C13H21N3O2/c1-2-3-8-18-9-7-16-12-10(13(15)17)5-4-6-11(12)14/h4-6,16H,2-3,7-9,14H2,1H3,(H2,15,17). The predicted molar refractivity (Wildman–Crippen MR) is 73.6 cm³/mol. The molecule has 0 bridgehead atoms. The summed E-state index contributed by atoms with van der Waals surface area (Å²) in [5.74, 6) is -0.489. The van der Waals surface area contributed by atoms with E-state index in [1.54, 1.807) is 18.2 Å². The van der Waals surface area contributed by atoms with Crippen LogP contribution in [0, 0.1) is 0 Å². The number of nitrogens with two attached hydrogens (primary N) is 2. The lowest BCUT2D eigenvalue weighted by Crippen LogP contribution is -2.18. The van der Waals surface area contributed by atoms with E-state index in [0.29, 0.717) is 30.1 Å². The van der Waals surface area contributed by atoms with Crippen molar-refractivity contribution < 1.29 is 9.53 Å². The van der Waals surface area contributed by atoms with E-state index in [0.717, 1.165) is 19.4 Å². The zero-order valence-corrected chi connectivity index (χ0v) is 10.7. The van der Waals surface area contributed by atoms with E-state index in [9.17, 15) is 4.79 Å². The van der Waals surface area contributed by atoms with Crippen LogP contribution in [0.3, 0.4) is 0 Å². The lowest BCUT2D eigenvalue weighted by molar-refractivity contribution is 0.100. The fourth-order valence-corrected chi connectivity index (χ4v) is 1.57. The maximum atomic E-state index is 11.2. The Hall–Kier alpha value is -1.75. The van der Waals surface area contributed by atoms with Crippen LogP contribution in [0.4, 0.5) is 11.4 Å². The molecule has 0 aliphatic heterocycles. The van der Waals surface area contributed by atoms with Crippen LogP contribution < -0.4 is 16.8 Å². The fraction of sp³-hybridized carbons (Fsp3) is 0.462. The van der Waals surface area contributed by atoms with Crippen LogP contribution in [0.15, 0.2) is 18.2 Å². The summed E-state index contributed by atoms with van der Waals surface area (Å²) in [7, 11) is 0. The van der Waals surface area contributed by atoms with Crippen molar-refractivity contribution in [3.8, 4) is 0 Å². The van der Waals surface area contributed by atoms with Gasteiger partial charge in [0.25, 0.3) is 5.91 Å². The Kier molecular flexibility index (Phi) is 6.00. The number of carbonyl (C=O) groups is 1. The van der Waals surface area contributed by atoms with Crippen LogP contribution in [0.5, 0.6) is 0 Å².